The van der Waals surface area contributed by atoms with Crippen LogP contribution in [0, 0.1) is 0 Å². The molecule has 100 valence electrons. The quantitative estimate of drug-likeness (QED) is 0.712. The van der Waals surface area contributed by atoms with Gasteiger partial charge in [-0.05, 0) is 24.6 Å². The van der Waals surface area contributed by atoms with Crippen LogP contribution in [0.2, 0.25) is 18.1 Å². The maximum Gasteiger partial charge on any atom is 0.303 e. The van der Waals surface area contributed by atoms with Crippen molar-refractivity contribution >= 4 is 20.2 Å². The van der Waals surface area contributed by atoms with Gasteiger partial charge in [-0.15, -0.1) is 0 Å². The van der Waals surface area contributed by atoms with E-state index in [-0.39, 0.29) is 17.9 Å². The van der Waals surface area contributed by atoms with Crippen LogP contribution in [0.4, 0.5) is 0 Å². The molecule has 0 heterocycles. The fourth-order valence-corrected chi connectivity index (χ4v) is 2.35. The number of carboxylic acids is 1. The standard InChI is InChI=1S/C11H23NO4Si/c1-11(2,3)17(4,5)16-8(10(12)15)6-7-9(13)14/h8H,6-7H2,1-5H3,(H2,12,15)(H,13,14). The first kappa shape index (κ1) is 16.1. The summed E-state index contributed by atoms with van der Waals surface area (Å²) in [6, 6.07) is 0. The maximum absolute atomic E-state index is 11.2. The molecule has 6 heteroatoms. The number of primary amides is 1. The van der Waals surface area contributed by atoms with Crippen molar-refractivity contribution in [2.45, 2.75) is 57.8 Å². The van der Waals surface area contributed by atoms with Gasteiger partial charge in [-0.25, -0.2) is 0 Å². The minimum Gasteiger partial charge on any atom is -0.481 e. The molecule has 0 rings (SSSR count). The van der Waals surface area contributed by atoms with Crippen LogP contribution in [0.5, 0.6) is 0 Å². The SMILES string of the molecule is CC(C)(C)[Si](C)(C)OC(CCC(=O)O)C(N)=O. The summed E-state index contributed by atoms with van der Waals surface area (Å²) in [5.74, 6) is -1.54. The Bertz CT molecular complexity index is 296. The Morgan fingerprint density at radius 1 is 1.35 bits per heavy atom. The fraction of sp³-hybridized carbons (Fsp3) is 0.818. The number of aliphatic carboxylic acids is 1. The Morgan fingerprint density at radius 3 is 2.12 bits per heavy atom. The number of amides is 1. The zero-order valence-corrected chi connectivity index (χ0v) is 12.2. The average molecular weight is 261 g/mol. The van der Waals surface area contributed by atoms with Crippen molar-refractivity contribution < 1.29 is 19.1 Å². The summed E-state index contributed by atoms with van der Waals surface area (Å²) in [5.41, 5.74) is 5.24. The number of rotatable bonds is 6. The lowest BCUT2D eigenvalue weighted by Crippen LogP contribution is -2.47. The van der Waals surface area contributed by atoms with Crippen molar-refractivity contribution in [1.82, 2.24) is 0 Å². The third-order valence-electron chi connectivity index (χ3n) is 3.18. The first-order valence-corrected chi connectivity index (χ1v) is 8.57. The highest BCUT2D eigenvalue weighted by Crippen LogP contribution is 2.37. The van der Waals surface area contributed by atoms with E-state index in [1.165, 1.54) is 0 Å². The molecule has 0 aromatic heterocycles. The van der Waals surface area contributed by atoms with Gasteiger partial charge in [-0.1, -0.05) is 20.8 Å². The second-order valence-corrected chi connectivity index (χ2v) is 10.5. The maximum atomic E-state index is 11.2. The van der Waals surface area contributed by atoms with Crippen LogP contribution < -0.4 is 5.73 Å². The van der Waals surface area contributed by atoms with Crippen LogP contribution in [0.1, 0.15) is 33.6 Å². The molecule has 1 atom stereocenters. The van der Waals surface area contributed by atoms with Gasteiger partial charge in [0.15, 0.2) is 8.32 Å². The lowest BCUT2D eigenvalue weighted by atomic mass is 10.2. The molecular weight excluding hydrogens is 238 g/mol. The predicted molar refractivity (Wildman–Crippen MR) is 68.1 cm³/mol. The second-order valence-electron chi connectivity index (χ2n) is 5.70. The van der Waals surface area contributed by atoms with Gasteiger partial charge in [0.05, 0.1) is 0 Å². The molecule has 0 saturated carbocycles. The van der Waals surface area contributed by atoms with Gasteiger partial charge in [-0.3, -0.25) is 9.59 Å². The van der Waals surface area contributed by atoms with Crippen LogP contribution >= 0.6 is 0 Å². The van der Waals surface area contributed by atoms with E-state index in [1.807, 2.05) is 13.1 Å². The Balaban J connectivity index is 4.66. The normalized spacial score (nSPS) is 14.4. The molecule has 0 bridgehead atoms. The highest BCUT2D eigenvalue weighted by atomic mass is 28.4. The zero-order valence-electron chi connectivity index (χ0n) is 11.2. The summed E-state index contributed by atoms with van der Waals surface area (Å²) in [7, 11) is -2.10. The zero-order chi connectivity index (χ0) is 13.9. The van der Waals surface area contributed by atoms with Crippen LogP contribution in [0.3, 0.4) is 0 Å². The van der Waals surface area contributed by atoms with Gasteiger partial charge in [0.1, 0.15) is 6.10 Å². The molecule has 0 aliphatic heterocycles. The smallest absolute Gasteiger partial charge is 0.303 e. The molecule has 0 aromatic rings. The van der Waals surface area contributed by atoms with Crippen LogP contribution in [0.25, 0.3) is 0 Å². The number of hydrogen-bond donors (Lipinski definition) is 2. The van der Waals surface area contributed by atoms with Crippen molar-refractivity contribution in [2.75, 3.05) is 0 Å². The van der Waals surface area contributed by atoms with Crippen molar-refractivity contribution in [1.29, 1.82) is 0 Å². The number of nitrogens with two attached hydrogens (primary N) is 1. The minimum absolute atomic E-state index is 0.0378. The molecule has 0 spiro atoms. The van der Waals surface area contributed by atoms with Crippen molar-refractivity contribution in [3.63, 3.8) is 0 Å². The molecule has 0 radical (unpaired) electrons. The van der Waals surface area contributed by atoms with E-state index >= 15 is 0 Å². The Labute approximate surface area is 103 Å². The van der Waals surface area contributed by atoms with E-state index in [0.29, 0.717) is 0 Å². The Morgan fingerprint density at radius 2 is 1.82 bits per heavy atom. The molecule has 3 N–H and O–H groups in total. The van der Waals surface area contributed by atoms with E-state index in [2.05, 4.69) is 20.8 Å². The molecule has 5 nitrogen and oxygen atoms in total. The third kappa shape index (κ3) is 5.32. The fourth-order valence-electron chi connectivity index (χ4n) is 1.05. The van der Waals surface area contributed by atoms with Gasteiger partial charge < -0.3 is 15.3 Å². The molecular formula is C11H23NO4Si. The lowest BCUT2D eigenvalue weighted by molar-refractivity contribution is -0.138. The van der Waals surface area contributed by atoms with E-state index < -0.39 is 26.3 Å². The molecule has 0 fully saturated rings. The predicted octanol–water partition coefficient (Wildman–Crippen LogP) is 1.73. The number of hydrogen-bond acceptors (Lipinski definition) is 3. The van der Waals surface area contributed by atoms with Gasteiger partial charge >= 0.3 is 5.97 Å². The summed E-state index contributed by atoms with van der Waals surface area (Å²) in [6.45, 7) is 10.2. The monoisotopic (exact) mass is 261 g/mol. The van der Waals surface area contributed by atoms with Crippen LogP contribution in [-0.4, -0.2) is 31.4 Å². The first-order chi connectivity index (χ1) is 7.47. The summed E-state index contributed by atoms with van der Waals surface area (Å²) >= 11 is 0. The molecule has 1 amide bonds. The highest BCUT2D eigenvalue weighted by molar-refractivity contribution is 6.74. The molecule has 0 aliphatic carbocycles. The number of carbonyl (C=O) groups excluding carboxylic acids is 1. The van der Waals surface area contributed by atoms with Gasteiger partial charge in [0.2, 0.25) is 5.91 Å². The third-order valence-corrected chi connectivity index (χ3v) is 7.67. The topological polar surface area (TPSA) is 89.6 Å². The number of carbonyl (C=O) groups is 2. The Kier molecular flexibility index (Phi) is 5.34. The van der Waals surface area contributed by atoms with E-state index in [4.69, 9.17) is 15.3 Å². The summed E-state index contributed by atoms with van der Waals surface area (Å²) in [6.07, 6.45) is -0.772. The van der Waals surface area contributed by atoms with Gasteiger partial charge in [0, 0.05) is 6.42 Å². The van der Waals surface area contributed by atoms with E-state index in [0.717, 1.165) is 0 Å². The van der Waals surface area contributed by atoms with Crippen LogP contribution in [0.15, 0.2) is 0 Å². The molecule has 0 aliphatic rings. The minimum atomic E-state index is -2.10. The summed E-state index contributed by atoms with van der Waals surface area (Å²) in [4.78, 5) is 21.7. The Hall–Kier alpha value is -0.883. The largest absolute Gasteiger partial charge is 0.481 e. The van der Waals surface area contributed by atoms with Crippen LogP contribution in [-0.2, 0) is 14.0 Å². The molecule has 0 aromatic carbocycles. The summed E-state index contributed by atoms with van der Waals surface area (Å²) < 4.78 is 5.82. The van der Waals surface area contributed by atoms with Crippen molar-refractivity contribution in [3.8, 4) is 0 Å². The van der Waals surface area contributed by atoms with E-state index in [1.54, 1.807) is 0 Å². The molecule has 1 unspecified atom stereocenters. The van der Waals surface area contributed by atoms with Crippen molar-refractivity contribution in [3.05, 3.63) is 0 Å². The van der Waals surface area contributed by atoms with Crippen molar-refractivity contribution in [2.24, 2.45) is 5.73 Å². The molecule has 17 heavy (non-hydrogen) atoms. The lowest BCUT2D eigenvalue weighted by Gasteiger charge is -2.38. The highest BCUT2D eigenvalue weighted by Gasteiger charge is 2.40. The van der Waals surface area contributed by atoms with Gasteiger partial charge in [-0.2, -0.15) is 0 Å². The average Bonchev–Trinajstić information content (AvgIpc) is 2.09. The molecule has 0 saturated heterocycles. The van der Waals surface area contributed by atoms with E-state index in [9.17, 15) is 9.59 Å². The van der Waals surface area contributed by atoms with Gasteiger partial charge in [0.25, 0.3) is 0 Å². The first-order valence-electron chi connectivity index (χ1n) is 5.66. The second kappa shape index (κ2) is 5.64. The number of carboxylic acid groups (broad SMARTS) is 1. The summed E-state index contributed by atoms with van der Waals surface area (Å²) in [5, 5.41) is 8.57.